The van der Waals surface area contributed by atoms with E-state index in [0.717, 1.165) is 0 Å². The number of hydrazine groups is 2. The first-order chi connectivity index (χ1) is 27.1. The Bertz CT molecular complexity index is 1570. The van der Waals surface area contributed by atoms with Crippen molar-refractivity contribution in [2.45, 2.75) is 130 Å². The summed E-state index contributed by atoms with van der Waals surface area (Å²) in [6, 6.07) is -2.03. The Kier molecular flexibility index (Phi) is 21.4. The Hall–Kier alpha value is -5.34. The summed E-state index contributed by atoms with van der Waals surface area (Å²) in [7, 11) is 0. The summed E-state index contributed by atoms with van der Waals surface area (Å²) in [5.74, 6) is 4.75. The lowest BCUT2D eigenvalue weighted by molar-refractivity contribution is -0.149. The highest BCUT2D eigenvalue weighted by Crippen LogP contribution is 2.19. The van der Waals surface area contributed by atoms with Crippen LogP contribution in [0.4, 0.5) is 0 Å². The number of primary amides is 2. The van der Waals surface area contributed by atoms with Crippen LogP contribution in [0.25, 0.3) is 0 Å². The quantitative estimate of drug-likeness (QED) is 0.0228. The molecule has 1 aromatic rings. The fourth-order valence-electron chi connectivity index (χ4n) is 6.04. The lowest BCUT2D eigenvalue weighted by Gasteiger charge is -2.36. The van der Waals surface area contributed by atoms with Gasteiger partial charge in [-0.2, -0.15) is 0 Å². The van der Waals surface area contributed by atoms with Crippen LogP contribution < -0.4 is 50.2 Å². The first-order valence-corrected chi connectivity index (χ1v) is 19.5. The predicted octanol–water partition coefficient (Wildman–Crippen LogP) is -1.73. The largest absolute Gasteiger partial charge is 0.508 e. The molecule has 0 radical (unpaired) electrons. The van der Waals surface area contributed by atoms with Gasteiger partial charge in [0.15, 0.2) is 0 Å². The van der Waals surface area contributed by atoms with E-state index in [2.05, 4.69) is 21.3 Å². The number of aromatic hydroxyl groups is 1. The normalized spacial score (nSPS) is 14.8. The summed E-state index contributed by atoms with van der Waals surface area (Å²) in [5.41, 5.74) is 17.0. The molecule has 15 N–H and O–H groups in total. The number of benzene rings is 1. The average molecular weight is 820 g/mol. The van der Waals surface area contributed by atoms with Gasteiger partial charge in [-0.25, -0.2) is 11.7 Å². The zero-order valence-corrected chi connectivity index (χ0v) is 34.7. The lowest BCUT2D eigenvalue weighted by Crippen LogP contribution is -2.65. The smallest absolute Gasteiger partial charge is 0.260 e. The molecule has 0 fully saturated rings. The van der Waals surface area contributed by atoms with E-state index in [-0.39, 0.29) is 31.4 Å². The number of hydrogen-bond acceptors (Lipinski definition) is 12. The molecule has 0 aliphatic rings. The number of phenolic OH excluding ortho intramolecular Hbond substituents is 1. The molecule has 326 valence electrons. The summed E-state index contributed by atoms with van der Waals surface area (Å²) in [6.45, 7) is 11.6. The van der Waals surface area contributed by atoms with E-state index < -0.39 is 101 Å². The molecular formula is C38H65N11O9. The number of phenols is 1. The van der Waals surface area contributed by atoms with Gasteiger partial charge in [0.2, 0.25) is 35.4 Å². The summed E-state index contributed by atoms with van der Waals surface area (Å²) in [5, 5.41) is 21.4. The number of nitrogens with zero attached hydrogens (tertiary/aromatic N) is 2. The fraction of sp³-hybridized carbons (Fsp3) is 0.632. The summed E-state index contributed by atoms with van der Waals surface area (Å²) >= 11 is 0. The van der Waals surface area contributed by atoms with Crippen LogP contribution in [-0.2, 0) is 44.8 Å². The van der Waals surface area contributed by atoms with Gasteiger partial charge >= 0.3 is 0 Å². The van der Waals surface area contributed by atoms with E-state index in [1.54, 1.807) is 41.5 Å². The first-order valence-electron chi connectivity index (χ1n) is 19.5. The average Bonchev–Trinajstić information content (AvgIpc) is 3.15. The maximum absolute atomic E-state index is 14.2. The van der Waals surface area contributed by atoms with Crippen LogP contribution >= 0.6 is 0 Å². The standard InChI is InChI=1S/C38H65N11O9/c1-8-22(6)32(49(43)37(57)27(16-17-29(40)52)46-35(55)30(20(2)3)44-23(7)50)36(56)47-31(21(4)5)38(58)48(42)28(19-24-12-14-25(51)15-13-24)34(54)45-26(33(41)53)11-9-10-18-39/h12-15,20-22,26-28,30-32,51H,8-11,16-19,39,42-43H2,1-7H3,(H2,40,52)(H2,41,53)(H,44,50)(H,45,54)(H,46,55)(H,47,56)/t22-,26-,27-,28-,30-,31-,32-/m0/s1. The fourth-order valence-corrected chi connectivity index (χ4v) is 6.04. The van der Waals surface area contributed by atoms with E-state index in [4.69, 9.17) is 28.9 Å². The molecular weight excluding hydrogens is 754 g/mol. The van der Waals surface area contributed by atoms with E-state index in [1.807, 2.05) is 0 Å². The number of hydrogen-bond donors (Lipinski definition) is 10. The van der Waals surface area contributed by atoms with Crippen molar-refractivity contribution in [3.05, 3.63) is 29.8 Å². The third kappa shape index (κ3) is 15.9. The summed E-state index contributed by atoms with van der Waals surface area (Å²) in [4.78, 5) is 105. The van der Waals surface area contributed by atoms with Crippen LogP contribution in [-0.4, -0.2) is 105 Å². The van der Waals surface area contributed by atoms with E-state index in [0.29, 0.717) is 41.4 Å². The number of rotatable bonds is 25. The van der Waals surface area contributed by atoms with Crippen molar-refractivity contribution in [3.63, 3.8) is 0 Å². The zero-order chi connectivity index (χ0) is 44.4. The predicted molar refractivity (Wildman–Crippen MR) is 215 cm³/mol. The molecule has 58 heavy (non-hydrogen) atoms. The molecule has 1 aromatic carbocycles. The van der Waals surface area contributed by atoms with Gasteiger partial charge in [0, 0.05) is 19.8 Å². The van der Waals surface area contributed by atoms with E-state index >= 15 is 0 Å². The SMILES string of the molecule is CC[C@H](C)[C@@H](C(=O)N[C@H](C(=O)N(N)[C@@H](Cc1ccc(O)cc1)C(=O)N[C@@H](CCCCN)C(N)=O)C(C)C)N(N)C(=O)[C@H](CCC(N)=O)NC(=O)[C@@H](NC(C)=O)C(C)C. The van der Waals surface area contributed by atoms with Crippen molar-refractivity contribution in [2.75, 3.05) is 6.54 Å². The minimum absolute atomic E-state index is 0.0451. The van der Waals surface area contributed by atoms with Gasteiger partial charge < -0.3 is 43.6 Å². The zero-order valence-electron chi connectivity index (χ0n) is 34.7. The second kappa shape index (κ2) is 24.4. The van der Waals surface area contributed by atoms with Crippen molar-refractivity contribution in [1.82, 2.24) is 31.3 Å². The molecule has 0 saturated carbocycles. The molecule has 0 heterocycles. The van der Waals surface area contributed by atoms with Gasteiger partial charge in [-0.15, -0.1) is 0 Å². The van der Waals surface area contributed by atoms with Crippen LogP contribution in [0.2, 0.25) is 0 Å². The van der Waals surface area contributed by atoms with Crippen LogP contribution in [0.3, 0.4) is 0 Å². The highest BCUT2D eigenvalue weighted by atomic mass is 16.3. The molecule has 0 unspecified atom stereocenters. The first kappa shape index (κ1) is 50.7. The number of amides is 8. The van der Waals surface area contributed by atoms with Gasteiger partial charge in [-0.05, 0) is 67.7 Å². The van der Waals surface area contributed by atoms with Crippen LogP contribution in [0.15, 0.2) is 24.3 Å². The topological polar surface area (TPSA) is 341 Å². The molecule has 8 amide bonds. The van der Waals surface area contributed by atoms with Crippen LogP contribution in [0.1, 0.15) is 92.6 Å². The van der Waals surface area contributed by atoms with Gasteiger partial charge in [0.05, 0.1) is 0 Å². The van der Waals surface area contributed by atoms with E-state index in [1.165, 1.54) is 31.2 Å². The van der Waals surface area contributed by atoms with Gasteiger partial charge in [-0.1, -0.05) is 60.1 Å². The monoisotopic (exact) mass is 819 g/mol. The van der Waals surface area contributed by atoms with Crippen LogP contribution in [0.5, 0.6) is 5.75 Å². The van der Waals surface area contributed by atoms with Gasteiger partial charge in [0.1, 0.15) is 42.0 Å². The number of unbranched alkanes of at least 4 members (excludes halogenated alkanes) is 1. The van der Waals surface area contributed by atoms with Gasteiger partial charge in [-0.3, -0.25) is 48.4 Å². The minimum atomic E-state index is -1.44. The van der Waals surface area contributed by atoms with Crippen molar-refractivity contribution >= 4 is 47.3 Å². The molecule has 20 heteroatoms. The van der Waals surface area contributed by atoms with Gasteiger partial charge in [0.25, 0.3) is 11.8 Å². The maximum atomic E-state index is 14.2. The summed E-state index contributed by atoms with van der Waals surface area (Å²) < 4.78 is 0. The van der Waals surface area contributed by atoms with Crippen molar-refractivity contribution in [2.24, 2.45) is 46.6 Å². The van der Waals surface area contributed by atoms with Crippen molar-refractivity contribution in [1.29, 1.82) is 0 Å². The third-order valence-corrected chi connectivity index (χ3v) is 9.70. The molecule has 0 bridgehead atoms. The highest BCUT2D eigenvalue weighted by molar-refractivity contribution is 5.97. The number of nitrogens with two attached hydrogens (primary N) is 5. The highest BCUT2D eigenvalue weighted by Gasteiger charge is 2.41. The molecule has 0 aromatic heterocycles. The molecule has 1 rings (SSSR count). The molecule has 20 nitrogen and oxygen atoms in total. The Morgan fingerprint density at radius 3 is 1.76 bits per heavy atom. The van der Waals surface area contributed by atoms with Crippen LogP contribution in [0, 0.1) is 17.8 Å². The Morgan fingerprint density at radius 1 is 0.707 bits per heavy atom. The molecule has 7 atom stereocenters. The molecule has 0 aliphatic carbocycles. The number of carbonyl (C=O) groups excluding carboxylic acids is 8. The summed E-state index contributed by atoms with van der Waals surface area (Å²) in [6.07, 6.45) is 0.763. The second-order valence-electron chi connectivity index (χ2n) is 15.2. The van der Waals surface area contributed by atoms with E-state index in [9.17, 15) is 43.5 Å². The lowest BCUT2D eigenvalue weighted by atomic mass is 9.94. The second-order valence-corrected chi connectivity index (χ2v) is 15.2. The van der Waals surface area contributed by atoms with Crippen molar-refractivity contribution in [3.8, 4) is 5.75 Å². The molecule has 0 saturated heterocycles. The Balaban J connectivity index is 3.54. The molecule has 0 spiro atoms. The number of carbonyl (C=O) groups is 8. The Morgan fingerprint density at radius 2 is 1.28 bits per heavy atom. The minimum Gasteiger partial charge on any atom is -0.508 e. The maximum Gasteiger partial charge on any atom is 0.260 e. The third-order valence-electron chi connectivity index (χ3n) is 9.70. The molecule has 0 aliphatic heterocycles. The Labute approximate surface area is 340 Å². The van der Waals surface area contributed by atoms with Crippen molar-refractivity contribution < 1.29 is 43.5 Å². The number of nitrogens with one attached hydrogen (secondary N) is 4.